The van der Waals surface area contributed by atoms with Crippen LogP contribution in [0.1, 0.15) is 38.3 Å². The number of likely N-dealkylation sites (tertiary alicyclic amines) is 1. The minimum Gasteiger partial charge on any atom is -0.497 e. The smallest absolute Gasteiger partial charge is 0.119 e. The first-order valence-corrected chi connectivity index (χ1v) is 8.15. The van der Waals surface area contributed by atoms with Crippen molar-refractivity contribution in [2.24, 2.45) is 11.7 Å². The van der Waals surface area contributed by atoms with Crippen LogP contribution in [-0.2, 0) is 0 Å². The molecule has 3 nitrogen and oxygen atoms in total. The molecule has 20 heavy (non-hydrogen) atoms. The number of benzene rings is 1. The third-order valence-electron chi connectivity index (χ3n) is 4.38. The average molecular weight is 341 g/mol. The molecule has 1 heterocycles. The summed E-state index contributed by atoms with van der Waals surface area (Å²) in [5.41, 5.74) is 7.32. The fourth-order valence-corrected chi connectivity index (χ4v) is 3.74. The second-order valence-corrected chi connectivity index (χ2v) is 6.71. The Morgan fingerprint density at radius 2 is 2.20 bits per heavy atom. The van der Waals surface area contributed by atoms with Crippen LogP contribution < -0.4 is 10.5 Å². The van der Waals surface area contributed by atoms with E-state index in [1.165, 1.54) is 18.4 Å². The summed E-state index contributed by atoms with van der Waals surface area (Å²) in [5, 5.41) is 0. The van der Waals surface area contributed by atoms with Crippen molar-refractivity contribution >= 4 is 15.9 Å². The molecule has 1 fully saturated rings. The monoisotopic (exact) mass is 340 g/mol. The second-order valence-electron chi connectivity index (χ2n) is 5.86. The molecule has 0 aliphatic carbocycles. The predicted molar refractivity (Wildman–Crippen MR) is 87.1 cm³/mol. The zero-order valence-electron chi connectivity index (χ0n) is 12.6. The summed E-state index contributed by atoms with van der Waals surface area (Å²) in [6.07, 6.45) is 2.50. The Morgan fingerprint density at radius 3 is 2.80 bits per heavy atom. The van der Waals surface area contributed by atoms with Gasteiger partial charge in [-0.25, -0.2) is 0 Å². The lowest BCUT2D eigenvalue weighted by atomic mass is 9.90. The van der Waals surface area contributed by atoms with E-state index in [0.717, 1.165) is 22.7 Å². The molecule has 0 amide bonds. The molecule has 0 spiro atoms. The molecule has 3 atom stereocenters. The molecule has 1 aliphatic heterocycles. The van der Waals surface area contributed by atoms with E-state index in [2.05, 4.69) is 40.7 Å². The first-order chi connectivity index (χ1) is 9.56. The molecule has 4 heteroatoms. The molecule has 0 bridgehead atoms. The molecule has 0 aromatic heterocycles. The summed E-state index contributed by atoms with van der Waals surface area (Å²) in [5.74, 6) is 1.70. The fourth-order valence-electron chi connectivity index (χ4n) is 3.23. The minimum absolute atomic E-state index is 0.252. The Morgan fingerprint density at radius 1 is 1.45 bits per heavy atom. The number of hydrogen-bond donors (Lipinski definition) is 1. The topological polar surface area (TPSA) is 38.5 Å². The van der Waals surface area contributed by atoms with E-state index >= 15 is 0 Å². The van der Waals surface area contributed by atoms with Gasteiger partial charge in [0.05, 0.1) is 7.11 Å². The van der Waals surface area contributed by atoms with Gasteiger partial charge in [-0.1, -0.05) is 22.9 Å². The molecule has 0 saturated carbocycles. The van der Waals surface area contributed by atoms with Crippen molar-refractivity contribution in [2.45, 2.75) is 38.8 Å². The average Bonchev–Trinajstić information content (AvgIpc) is 2.43. The largest absolute Gasteiger partial charge is 0.497 e. The lowest BCUT2D eigenvalue weighted by molar-refractivity contribution is 0.0843. The number of nitrogens with two attached hydrogens (primary N) is 1. The fraction of sp³-hybridized carbons (Fsp3) is 0.625. The second kappa shape index (κ2) is 6.92. The van der Waals surface area contributed by atoms with Crippen LogP contribution in [0.3, 0.4) is 0 Å². The number of hydrogen-bond acceptors (Lipinski definition) is 3. The molecule has 1 aromatic rings. The van der Waals surface area contributed by atoms with Gasteiger partial charge in [-0.15, -0.1) is 0 Å². The Bertz CT molecular complexity index is 452. The molecule has 2 rings (SSSR count). The quantitative estimate of drug-likeness (QED) is 0.910. The van der Waals surface area contributed by atoms with Crippen LogP contribution in [0.5, 0.6) is 5.75 Å². The number of rotatable bonds is 4. The maximum atomic E-state index is 6.09. The Hall–Kier alpha value is -0.580. The van der Waals surface area contributed by atoms with Crippen LogP contribution in [-0.4, -0.2) is 31.1 Å². The third kappa shape index (κ3) is 3.35. The van der Waals surface area contributed by atoms with Gasteiger partial charge in [0.15, 0.2) is 0 Å². The zero-order valence-corrected chi connectivity index (χ0v) is 14.2. The highest BCUT2D eigenvalue weighted by molar-refractivity contribution is 9.10. The third-order valence-corrected chi connectivity index (χ3v) is 5.10. The van der Waals surface area contributed by atoms with E-state index in [-0.39, 0.29) is 6.04 Å². The molecule has 2 N–H and O–H groups in total. The first kappa shape index (κ1) is 15.8. The number of piperidine rings is 1. The van der Waals surface area contributed by atoms with Crippen LogP contribution in [0, 0.1) is 5.92 Å². The van der Waals surface area contributed by atoms with Gasteiger partial charge in [-0.3, -0.25) is 4.90 Å². The summed E-state index contributed by atoms with van der Waals surface area (Å²) in [6, 6.07) is 6.95. The number of methoxy groups -OCH3 is 1. The molecule has 112 valence electrons. The summed E-state index contributed by atoms with van der Waals surface area (Å²) < 4.78 is 6.47. The Labute approximate surface area is 130 Å². The van der Waals surface area contributed by atoms with E-state index in [1.807, 2.05) is 12.1 Å². The van der Waals surface area contributed by atoms with Gasteiger partial charge in [-0.05, 0) is 56.0 Å². The molecular weight excluding hydrogens is 316 g/mol. The van der Waals surface area contributed by atoms with Gasteiger partial charge in [0, 0.05) is 23.1 Å². The van der Waals surface area contributed by atoms with Crippen LogP contribution in [0.2, 0.25) is 0 Å². The van der Waals surface area contributed by atoms with Crippen LogP contribution in [0.4, 0.5) is 0 Å². The maximum absolute atomic E-state index is 6.09. The van der Waals surface area contributed by atoms with Gasteiger partial charge < -0.3 is 10.5 Å². The van der Waals surface area contributed by atoms with Gasteiger partial charge in [0.2, 0.25) is 0 Å². The standard InChI is InChI=1S/C16H25BrN2O/c1-11-6-7-19(12(2)8-11)16(10-18)14-9-13(20-3)4-5-15(14)17/h4-5,9,11-12,16H,6-8,10,18H2,1-3H3. The van der Waals surface area contributed by atoms with Crippen molar-refractivity contribution in [2.75, 3.05) is 20.2 Å². The normalized spacial score (nSPS) is 25.4. The van der Waals surface area contributed by atoms with E-state index in [4.69, 9.17) is 10.5 Å². The minimum atomic E-state index is 0.252. The van der Waals surface area contributed by atoms with E-state index < -0.39 is 0 Å². The molecule has 1 aliphatic rings. The Kier molecular flexibility index (Phi) is 5.47. The maximum Gasteiger partial charge on any atom is 0.119 e. The first-order valence-electron chi connectivity index (χ1n) is 7.36. The highest BCUT2D eigenvalue weighted by atomic mass is 79.9. The summed E-state index contributed by atoms with van der Waals surface area (Å²) in [4.78, 5) is 2.54. The van der Waals surface area contributed by atoms with Crippen molar-refractivity contribution in [1.82, 2.24) is 4.90 Å². The highest BCUT2D eigenvalue weighted by Crippen LogP contribution is 2.35. The zero-order chi connectivity index (χ0) is 14.7. The number of ether oxygens (including phenoxy) is 1. The molecule has 0 radical (unpaired) electrons. The predicted octanol–water partition coefficient (Wildman–Crippen LogP) is 3.58. The van der Waals surface area contributed by atoms with Crippen molar-refractivity contribution in [3.05, 3.63) is 28.2 Å². The SMILES string of the molecule is COc1ccc(Br)c(C(CN)N2CCC(C)CC2C)c1. The van der Waals surface area contributed by atoms with Crippen molar-refractivity contribution in [3.8, 4) is 5.75 Å². The van der Waals surface area contributed by atoms with E-state index in [1.54, 1.807) is 7.11 Å². The van der Waals surface area contributed by atoms with Gasteiger partial charge in [0.1, 0.15) is 5.75 Å². The van der Waals surface area contributed by atoms with Crippen molar-refractivity contribution in [1.29, 1.82) is 0 Å². The Balaban J connectivity index is 2.27. The lowest BCUT2D eigenvalue weighted by Gasteiger charge is -2.42. The van der Waals surface area contributed by atoms with Crippen molar-refractivity contribution < 1.29 is 4.74 Å². The molecule has 1 aromatic carbocycles. The summed E-state index contributed by atoms with van der Waals surface area (Å²) in [7, 11) is 1.70. The molecular formula is C16H25BrN2O. The van der Waals surface area contributed by atoms with Crippen LogP contribution >= 0.6 is 15.9 Å². The van der Waals surface area contributed by atoms with Crippen LogP contribution in [0.15, 0.2) is 22.7 Å². The van der Waals surface area contributed by atoms with Gasteiger partial charge in [0.25, 0.3) is 0 Å². The number of nitrogens with zero attached hydrogens (tertiary/aromatic N) is 1. The van der Waals surface area contributed by atoms with Gasteiger partial charge in [-0.2, -0.15) is 0 Å². The van der Waals surface area contributed by atoms with E-state index in [9.17, 15) is 0 Å². The summed E-state index contributed by atoms with van der Waals surface area (Å²) >= 11 is 3.66. The lowest BCUT2D eigenvalue weighted by Crippen LogP contribution is -2.45. The molecule has 3 unspecified atom stereocenters. The van der Waals surface area contributed by atoms with Crippen LogP contribution in [0.25, 0.3) is 0 Å². The van der Waals surface area contributed by atoms with E-state index in [0.29, 0.717) is 12.6 Å². The summed E-state index contributed by atoms with van der Waals surface area (Å²) in [6.45, 7) is 6.40. The molecule has 1 saturated heterocycles. The van der Waals surface area contributed by atoms with Crippen molar-refractivity contribution in [3.63, 3.8) is 0 Å². The van der Waals surface area contributed by atoms with Gasteiger partial charge >= 0.3 is 0 Å². The highest BCUT2D eigenvalue weighted by Gasteiger charge is 2.30. The number of halogens is 1.